The topological polar surface area (TPSA) is 32.3 Å². The van der Waals surface area contributed by atoms with Gasteiger partial charge in [-0.25, -0.2) is 0 Å². The van der Waals surface area contributed by atoms with Crippen molar-refractivity contribution in [1.29, 1.82) is 0 Å². The van der Waals surface area contributed by atoms with E-state index < -0.39 is 0 Å². The highest BCUT2D eigenvalue weighted by atomic mass is 35.5. The molecule has 4 heteroatoms. The van der Waals surface area contributed by atoms with E-state index in [1.165, 1.54) is 16.7 Å². The molecule has 0 spiro atoms. The molecule has 3 nitrogen and oxygen atoms in total. The van der Waals surface area contributed by atoms with Crippen molar-refractivity contribution in [1.82, 2.24) is 0 Å². The zero-order valence-corrected chi connectivity index (χ0v) is 22.3. The molecule has 0 unspecified atom stereocenters. The lowest BCUT2D eigenvalue weighted by atomic mass is 9.85. The number of carbonyl (C=O) groups is 1. The maximum atomic E-state index is 13.6. The molecule has 0 atom stereocenters. The van der Waals surface area contributed by atoms with Gasteiger partial charge in [0.2, 0.25) is 5.91 Å². The van der Waals surface area contributed by atoms with Crippen molar-refractivity contribution in [3.05, 3.63) is 99.1 Å². The number of para-hydroxylation sites is 1. The number of rotatable bonds is 6. The summed E-state index contributed by atoms with van der Waals surface area (Å²) in [6, 6.07) is 20.7. The summed E-state index contributed by atoms with van der Waals surface area (Å²) in [5.41, 5.74) is 10.1. The predicted octanol–water partition coefficient (Wildman–Crippen LogP) is 8.18. The van der Waals surface area contributed by atoms with Crippen molar-refractivity contribution >= 4 is 34.5 Å². The van der Waals surface area contributed by atoms with Gasteiger partial charge >= 0.3 is 0 Å². The SMILES string of the molecule is Cc1ccccc1C1=C(CC(=O)Nc2c(C(C)C)cccc2C(C)C)CN(C)c2ccc(Cl)cc21. The van der Waals surface area contributed by atoms with Crippen LogP contribution in [0.5, 0.6) is 0 Å². The van der Waals surface area contributed by atoms with Gasteiger partial charge < -0.3 is 10.2 Å². The maximum Gasteiger partial charge on any atom is 0.228 e. The maximum absolute atomic E-state index is 13.6. The second-order valence-electron chi connectivity index (χ2n) is 10.2. The molecule has 0 aromatic heterocycles. The van der Waals surface area contributed by atoms with E-state index in [2.05, 4.69) is 100 Å². The van der Waals surface area contributed by atoms with Gasteiger partial charge in [-0.1, -0.05) is 81.8 Å². The summed E-state index contributed by atoms with van der Waals surface area (Å²) in [6.45, 7) is 11.5. The number of likely N-dealkylation sites (N-methyl/N-ethyl adjacent to an activating group) is 1. The zero-order chi connectivity index (χ0) is 25.3. The Morgan fingerprint density at radius 3 is 2.23 bits per heavy atom. The molecule has 0 fully saturated rings. The zero-order valence-electron chi connectivity index (χ0n) is 21.6. The Labute approximate surface area is 214 Å². The van der Waals surface area contributed by atoms with Crippen molar-refractivity contribution in [2.75, 3.05) is 23.8 Å². The number of nitrogens with one attached hydrogen (secondary N) is 1. The van der Waals surface area contributed by atoms with Crippen molar-refractivity contribution in [3.63, 3.8) is 0 Å². The molecule has 0 saturated heterocycles. The number of hydrogen-bond donors (Lipinski definition) is 1. The number of halogens is 1. The van der Waals surface area contributed by atoms with E-state index >= 15 is 0 Å². The van der Waals surface area contributed by atoms with Crippen molar-refractivity contribution in [2.45, 2.75) is 52.9 Å². The Morgan fingerprint density at radius 2 is 1.60 bits per heavy atom. The Bertz CT molecular complexity index is 1260. The second kappa shape index (κ2) is 10.3. The average Bonchev–Trinajstić information content (AvgIpc) is 2.79. The number of benzene rings is 3. The van der Waals surface area contributed by atoms with Crippen LogP contribution in [0.25, 0.3) is 5.57 Å². The number of nitrogens with zero attached hydrogens (tertiary/aromatic N) is 1. The first kappa shape index (κ1) is 25.1. The largest absolute Gasteiger partial charge is 0.370 e. The molecule has 0 bridgehead atoms. The van der Waals surface area contributed by atoms with Crippen LogP contribution in [0.1, 0.15) is 73.8 Å². The normalized spacial score (nSPS) is 13.5. The lowest BCUT2D eigenvalue weighted by Gasteiger charge is -2.33. The van der Waals surface area contributed by atoms with Gasteiger partial charge in [0.05, 0.1) is 6.42 Å². The fraction of sp³-hybridized carbons (Fsp3) is 0.323. The summed E-state index contributed by atoms with van der Waals surface area (Å²) < 4.78 is 0. The minimum Gasteiger partial charge on any atom is -0.370 e. The molecule has 0 radical (unpaired) electrons. The van der Waals surface area contributed by atoms with Gasteiger partial charge in [0.1, 0.15) is 0 Å². The number of anilines is 2. The van der Waals surface area contributed by atoms with E-state index in [1.54, 1.807) is 0 Å². The van der Waals surface area contributed by atoms with Crippen LogP contribution >= 0.6 is 11.6 Å². The minimum atomic E-state index is 0.0139. The van der Waals surface area contributed by atoms with Gasteiger partial charge in [-0.15, -0.1) is 0 Å². The molecular weight excluding hydrogens is 452 g/mol. The van der Waals surface area contributed by atoms with Gasteiger partial charge in [-0.2, -0.15) is 0 Å². The molecule has 1 aliphatic heterocycles. The highest BCUT2D eigenvalue weighted by Gasteiger charge is 2.26. The average molecular weight is 487 g/mol. The van der Waals surface area contributed by atoms with Crippen molar-refractivity contribution in [3.8, 4) is 0 Å². The second-order valence-corrected chi connectivity index (χ2v) is 10.6. The molecule has 4 rings (SSSR count). The van der Waals surface area contributed by atoms with Crippen LogP contribution in [-0.4, -0.2) is 19.5 Å². The minimum absolute atomic E-state index is 0.0139. The first-order valence-electron chi connectivity index (χ1n) is 12.4. The third-order valence-electron chi connectivity index (χ3n) is 6.85. The molecule has 1 N–H and O–H groups in total. The predicted molar refractivity (Wildman–Crippen MR) is 150 cm³/mol. The quantitative estimate of drug-likeness (QED) is 0.381. The summed E-state index contributed by atoms with van der Waals surface area (Å²) >= 11 is 6.45. The van der Waals surface area contributed by atoms with Gasteiger partial charge in [0.15, 0.2) is 0 Å². The molecule has 182 valence electrons. The third kappa shape index (κ3) is 5.16. The summed E-state index contributed by atoms with van der Waals surface area (Å²) in [5.74, 6) is 0.654. The van der Waals surface area contributed by atoms with Crippen LogP contribution in [0, 0.1) is 6.92 Å². The summed E-state index contributed by atoms with van der Waals surface area (Å²) in [4.78, 5) is 15.8. The van der Waals surface area contributed by atoms with Gasteiger partial charge in [0, 0.05) is 35.6 Å². The van der Waals surface area contributed by atoms with E-state index in [1.807, 2.05) is 12.1 Å². The molecular formula is C31H35ClN2O. The van der Waals surface area contributed by atoms with E-state index in [4.69, 9.17) is 11.6 Å². The summed E-state index contributed by atoms with van der Waals surface area (Å²) in [6.07, 6.45) is 0.323. The number of hydrogen-bond acceptors (Lipinski definition) is 2. The molecule has 1 aliphatic rings. The Morgan fingerprint density at radius 1 is 0.943 bits per heavy atom. The summed E-state index contributed by atoms with van der Waals surface area (Å²) in [5, 5.41) is 4.00. The lowest BCUT2D eigenvalue weighted by molar-refractivity contribution is -0.115. The molecule has 35 heavy (non-hydrogen) atoms. The van der Waals surface area contributed by atoms with Gasteiger partial charge in [-0.3, -0.25) is 4.79 Å². The van der Waals surface area contributed by atoms with Crippen molar-refractivity contribution in [2.24, 2.45) is 0 Å². The van der Waals surface area contributed by atoms with Crippen LogP contribution in [0.2, 0.25) is 5.02 Å². The van der Waals surface area contributed by atoms with Gasteiger partial charge in [-0.05, 0) is 70.4 Å². The van der Waals surface area contributed by atoms with Crippen LogP contribution < -0.4 is 10.2 Å². The third-order valence-corrected chi connectivity index (χ3v) is 7.08. The van der Waals surface area contributed by atoms with Crippen molar-refractivity contribution < 1.29 is 4.79 Å². The first-order chi connectivity index (χ1) is 16.7. The Balaban J connectivity index is 1.79. The first-order valence-corrected chi connectivity index (χ1v) is 12.8. The molecule has 3 aromatic rings. The van der Waals surface area contributed by atoms with E-state index in [-0.39, 0.29) is 5.91 Å². The smallest absolute Gasteiger partial charge is 0.228 e. The summed E-state index contributed by atoms with van der Waals surface area (Å²) in [7, 11) is 2.07. The van der Waals surface area contributed by atoms with Crippen LogP contribution in [0.4, 0.5) is 11.4 Å². The fourth-order valence-electron chi connectivity index (χ4n) is 5.09. The molecule has 0 saturated carbocycles. The number of aryl methyl sites for hydroxylation is 1. The standard InChI is InChI=1S/C31H35ClN2O/c1-19(2)24-12-9-13-25(20(3)4)31(24)33-29(35)16-22-18-34(6)28-15-14-23(32)17-27(28)30(22)26-11-8-7-10-21(26)5/h7-15,17,19-20H,16,18H2,1-6H3,(H,33,35). The molecule has 1 heterocycles. The number of carbonyl (C=O) groups excluding carboxylic acids is 1. The lowest BCUT2D eigenvalue weighted by Crippen LogP contribution is -2.28. The highest BCUT2D eigenvalue weighted by molar-refractivity contribution is 6.31. The Kier molecular flexibility index (Phi) is 7.37. The van der Waals surface area contributed by atoms with E-state index in [0.717, 1.165) is 33.6 Å². The van der Waals surface area contributed by atoms with Crippen LogP contribution in [0.3, 0.4) is 0 Å². The molecule has 3 aromatic carbocycles. The van der Waals surface area contributed by atoms with Crippen LogP contribution in [0.15, 0.2) is 66.2 Å². The monoisotopic (exact) mass is 486 g/mol. The van der Waals surface area contributed by atoms with Crippen LogP contribution in [-0.2, 0) is 4.79 Å². The highest BCUT2D eigenvalue weighted by Crippen LogP contribution is 2.41. The number of fused-ring (bicyclic) bond motifs is 1. The van der Waals surface area contributed by atoms with Gasteiger partial charge in [0.25, 0.3) is 0 Å². The molecule has 0 aliphatic carbocycles. The van der Waals surface area contributed by atoms with E-state index in [9.17, 15) is 4.79 Å². The fourth-order valence-corrected chi connectivity index (χ4v) is 5.26. The number of amides is 1. The van der Waals surface area contributed by atoms with E-state index in [0.29, 0.717) is 29.8 Å². The Hall–Kier alpha value is -3.04. The molecule has 1 amide bonds.